The second-order valence-electron chi connectivity index (χ2n) is 7.28. The highest BCUT2D eigenvalue weighted by Gasteiger charge is 2.27. The summed E-state index contributed by atoms with van der Waals surface area (Å²) in [6.45, 7) is 1.18. The number of fused-ring (bicyclic) bond motifs is 1. The van der Waals surface area contributed by atoms with Gasteiger partial charge in [0, 0.05) is 32.5 Å². The van der Waals surface area contributed by atoms with Crippen LogP contribution in [0.25, 0.3) is 11.0 Å². The first kappa shape index (κ1) is 18.3. The van der Waals surface area contributed by atoms with E-state index in [4.69, 9.17) is 0 Å². The minimum Gasteiger partial charge on any atom is -0.352 e. The number of aryl methyl sites for hydroxylation is 1. The van der Waals surface area contributed by atoms with Crippen LogP contribution >= 0.6 is 0 Å². The smallest absolute Gasteiger partial charge is 0.293 e. The van der Waals surface area contributed by atoms with E-state index in [9.17, 15) is 14.0 Å². The van der Waals surface area contributed by atoms with Crippen molar-refractivity contribution in [2.45, 2.75) is 19.3 Å². The first-order valence-corrected chi connectivity index (χ1v) is 9.51. The molecule has 0 radical (unpaired) electrons. The topological polar surface area (TPSA) is 55.2 Å². The molecular formula is C22H22FN3O2. The molecule has 144 valence electrons. The number of rotatable bonds is 4. The lowest BCUT2D eigenvalue weighted by Gasteiger charge is -2.32. The highest BCUT2D eigenvalue weighted by molar-refractivity contribution is 5.83. The molecule has 3 aromatic rings. The van der Waals surface area contributed by atoms with Gasteiger partial charge in [-0.15, -0.1) is 0 Å². The SMILES string of the molecule is Cn1c(=O)c(N2CCC(C(=O)Cc3ccccc3F)CC2)nc2ccccc21. The number of carbonyl (C=O) groups is 1. The average Bonchev–Trinajstić information content (AvgIpc) is 2.72. The number of Topliss-reactive ketones (excluding diaryl/α,β-unsaturated/α-hetero) is 1. The lowest BCUT2D eigenvalue weighted by molar-refractivity contribution is -0.122. The van der Waals surface area contributed by atoms with E-state index in [0.29, 0.717) is 37.3 Å². The van der Waals surface area contributed by atoms with Crippen LogP contribution in [0.4, 0.5) is 10.2 Å². The van der Waals surface area contributed by atoms with Crippen molar-refractivity contribution in [3.63, 3.8) is 0 Å². The zero-order valence-corrected chi connectivity index (χ0v) is 15.8. The number of piperidine rings is 1. The fraction of sp³-hybridized carbons (Fsp3) is 0.318. The lowest BCUT2D eigenvalue weighted by atomic mass is 9.89. The molecule has 1 saturated heterocycles. The molecule has 5 nitrogen and oxygen atoms in total. The predicted molar refractivity (Wildman–Crippen MR) is 107 cm³/mol. The van der Waals surface area contributed by atoms with Crippen LogP contribution in [0.1, 0.15) is 18.4 Å². The molecule has 1 fully saturated rings. The van der Waals surface area contributed by atoms with Crippen molar-refractivity contribution in [3.8, 4) is 0 Å². The van der Waals surface area contributed by atoms with Gasteiger partial charge in [0.2, 0.25) is 0 Å². The number of anilines is 1. The van der Waals surface area contributed by atoms with Crippen molar-refractivity contribution in [2.24, 2.45) is 13.0 Å². The molecule has 2 heterocycles. The van der Waals surface area contributed by atoms with Gasteiger partial charge >= 0.3 is 0 Å². The van der Waals surface area contributed by atoms with E-state index in [1.54, 1.807) is 29.8 Å². The molecule has 28 heavy (non-hydrogen) atoms. The minimum absolute atomic E-state index is 0.0594. The zero-order chi connectivity index (χ0) is 19.7. The van der Waals surface area contributed by atoms with Gasteiger partial charge in [-0.05, 0) is 36.6 Å². The summed E-state index contributed by atoms with van der Waals surface area (Å²) < 4.78 is 15.4. The Morgan fingerprint density at radius 3 is 2.54 bits per heavy atom. The molecule has 0 N–H and O–H groups in total. The molecule has 0 amide bonds. The Balaban J connectivity index is 1.48. The second-order valence-corrected chi connectivity index (χ2v) is 7.28. The Hall–Kier alpha value is -3.02. The molecule has 6 heteroatoms. The maximum Gasteiger partial charge on any atom is 0.293 e. The Kier molecular flexibility index (Phi) is 4.94. The van der Waals surface area contributed by atoms with Crippen LogP contribution in [-0.2, 0) is 18.3 Å². The van der Waals surface area contributed by atoms with Gasteiger partial charge in [-0.2, -0.15) is 0 Å². The number of aromatic nitrogens is 2. The third-order valence-corrected chi connectivity index (χ3v) is 5.54. The molecule has 0 bridgehead atoms. The predicted octanol–water partition coefficient (Wildman–Crippen LogP) is 3.10. The van der Waals surface area contributed by atoms with Crippen LogP contribution in [0.15, 0.2) is 53.3 Å². The fourth-order valence-corrected chi connectivity index (χ4v) is 3.86. The van der Waals surface area contributed by atoms with Crippen LogP contribution in [0.5, 0.6) is 0 Å². The maximum absolute atomic E-state index is 13.8. The number of nitrogens with zero attached hydrogens (tertiary/aromatic N) is 3. The summed E-state index contributed by atoms with van der Waals surface area (Å²) in [5.41, 5.74) is 1.89. The van der Waals surface area contributed by atoms with Gasteiger partial charge < -0.3 is 9.47 Å². The van der Waals surface area contributed by atoms with Crippen LogP contribution in [0, 0.1) is 11.7 Å². The van der Waals surface area contributed by atoms with Crippen molar-refractivity contribution in [1.29, 1.82) is 0 Å². The number of ketones is 1. The standard InChI is InChI=1S/C22H22FN3O2/c1-25-19-9-5-4-8-18(19)24-21(22(25)28)26-12-10-15(11-13-26)20(27)14-16-6-2-3-7-17(16)23/h2-9,15H,10-14H2,1H3. The number of halogens is 1. The van der Waals surface area contributed by atoms with Gasteiger partial charge in [0.25, 0.3) is 5.56 Å². The Labute approximate surface area is 162 Å². The van der Waals surface area contributed by atoms with Gasteiger partial charge in [-0.25, -0.2) is 9.37 Å². The lowest BCUT2D eigenvalue weighted by Crippen LogP contribution is -2.41. The summed E-state index contributed by atoms with van der Waals surface area (Å²) in [5, 5.41) is 0. The highest BCUT2D eigenvalue weighted by Crippen LogP contribution is 2.23. The summed E-state index contributed by atoms with van der Waals surface area (Å²) in [4.78, 5) is 31.8. The zero-order valence-electron chi connectivity index (χ0n) is 15.8. The monoisotopic (exact) mass is 379 g/mol. The maximum atomic E-state index is 13.8. The molecule has 1 aliphatic heterocycles. The Morgan fingerprint density at radius 1 is 1.11 bits per heavy atom. The molecule has 4 rings (SSSR count). The summed E-state index contributed by atoms with van der Waals surface area (Å²) in [5.74, 6) is 0.0441. The molecule has 1 aromatic heterocycles. The van der Waals surface area contributed by atoms with E-state index < -0.39 is 0 Å². The molecular weight excluding hydrogens is 357 g/mol. The number of benzene rings is 2. The van der Waals surface area contributed by atoms with Gasteiger partial charge in [0.05, 0.1) is 11.0 Å². The number of carbonyl (C=O) groups excluding carboxylic acids is 1. The average molecular weight is 379 g/mol. The first-order valence-electron chi connectivity index (χ1n) is 9.51. The van der Waals surface area contributed by atoms with Gasteiger partial charge in [-0.3, -0.25) is 9.59 Å². The highest BCUT2D eigenvalue weighted by atomic mass is 19.1. The van der Waals surface area contributed by atoms with E-state index in [-0.39, 0.29) is 29.5 Å². The first-order chi connectivity index (χ1) is 13.5. The van der Waals surface area contributed by atoms with Crippen LogP contribution < -0.4 is 10.5 Å². The van der Waals surface area contributed by atoms with Gasteiger partial charge in [0.1, 0.15) is 11.6 Å². The largest absolute Gasteiger partial charge is 0.352 e. The molecule has 2 aromatic carbocycles. The summed E-state index contributed by atoms with van der Waals surface area (Å²) in [7, 11) is 1.75. The number of para-hydroxylation sites is 2. The summed E-state index contributed by atoms with van der Waals surface area (Å²) in [6.07, 6.45) is 1.41. The summed E-state index contributed by atoms with van der Waals surface area (Å²) >= 11 is 0. The molecule has 0 spiro atoms. The molecule has 0 atom stereocenters. The second kappa shape index (κ2) is 7.54. The van der Waals surface area contributed by atoms with Crippen molar-refractivity contribution in [1.82, 2.24) is 9.55 Å². The van der Waals surface area contributed by atoms with Gasteiger partial charge in [0.15, 0.2) is 5.82 Å². The van der Waals surface area contributed by atoms with E-state index >= 15 is 0 Å². The molecule has 0 aliphatic carbocycles. The van der Waals surface area contributed by atoms with E-state index in [0.717, 1.165) is 11.0 Å². The third kappa shape index (κ3) is 3.42. The minimum atomic E-state index is -0.336. The van der Waals surface area contributed by atoms with E-state index in [1.165, 1.54) is 6.07 Å². The van der Waals surface area contributed by atoms with Crippen molar-refractivity contribution in [2.75, 3.05) is 18.0 Å². The van der Waals surface area contributed by atoms with Crippen molar-refractivity contribution in [3.05, 3.63) is 70.3 Å². The normalized spacial score (nSPS) is 15.1. The van der Waals surface area contributed by atoms with Crippen molar-refractivity contribution >= 4 is 22.6 Å². The third-order valence-electron chi connectivity index (χ3n) is 5.54. The molecule has 0 unspecified atom stereocenters. The number of hydrogen-bond donors (Lipinski definition) is 0. The van der Waals surface area contributed by atoms with Crippen molar-refractivity contribution < 1.29 is 9.18 Å². The van der Waals surface area contributed by atoms with Crippen LogP contribution in [-0.4, -0.2) is 28.4 Å². The van der Waals surface area contributed by atoms with E-state index in [1.807, 2.05) is 29.2 Å². The van der Waals surface area contributed by atoms with E-state index in [2.05, 4.69) is 4.98 Å². The van der Waals surface area contributed by atoms with Gasteiger partial charge in [-0.1, -0.05) is 30.3 Å². The fourth-order valence-electron chi connectivity index (χ4n) is 3.86. The Morgan fingerprint density at radius 2 is 1.79 bits per heavy atom. The summed E-state index contributed by atoms with van der Waals surface area (Å²) in [6, 6.07) is 14.0. The van der Waals surface area contributed by atoms with Crippen LogP contribution in [0.2, 0.25) is 0 Å². The quantitative estimate of drug-likeness (QED) is 0.699. The molecule has 0 saturated carbocycles. The van der Waals surface area contributed by atoms with Crippen LogP contribution in [0.3, 0.4) is 0 Å². The number of hydrogen-bond acceptors (Lipinski definition) is 4. The molecule has 1 aliphatic rings. The Bertz CT molecular complexity index is 1080.